The second-order valence-corrected chi connectivity index (χ2v) is 6.63. The molecular weight excluding hydrogens is 302 g/mol. The molecule has 0 bridgehead atoms. The van der Waals surface area contributed by atoms with Crippen molar-refractivity contribution < 1.29 is 9.59 Å². The predicted octanol–water partition coefficient (Wildman–Crippen LogP) is 1.69. The van der Waals surface area contributed by atoms with Gasteiger partial charge in [-0.25, -0.2) is 0 Å². The molecule has 0 spiro atoms. The third kappa shape index (κ3) is 4.35. The van der Waals surface area contributed by atoms with Crippen LogP contribution in [0, 0.1) is 11.8 Å². The summed E-state index contributed by atoms with van der Waals surface area (Å²) < 4.78 is 0. The van der Waals surface area contributed by atoms with E-state index in [1.807, 2.05) is 4.90 Å². The van der Waals surface area contributed by atoms with Crippen molar-refractivity contribution in [1.29, 1.82) is 0 Å². The standard InChI is InChI=1S/C16H29N3O2.ClH/c1-3-5-11(2)19-10-13(8-15(19)20)16(21)18-14-7-4-6-12(14)9-17;/h11-14H,3-10,17H2,1-2H3,(H,18,21);1H. The van der Waals surface area contributed by atoms with E-state index in [1.165, 1.54) is 0 Å². The Hall–Kier alpha value is -0.810. The minimum atomic E-state index is -0.184. The quantitative estimate of drug-likeness (QED) is 0.777. The fourth-order valence-corrected chi connectivity index (χ4v) is 3.72. The van der Waals surface area contributed by atoms with Crippen LogP contribution in [0.25, 0.3) is 0 Å². The summed E-state index contributed by atoms with van der Waals surface area (Å²) in [6, 6.07) is 0.447. The van der Waals surface area contributed by atoms with Crippen LogP contribution in [0.4, 0.5) is 0 Å². The van der Waals surface area contributed by atoms with Gasteiger partial charge in [-0.2, -0.15) is 0 Å². The van der Waals surface area contributed by atoms with Crippen molar-refractivity contribution in [2.75, 3.05) is 13.1 Å². The molecule has 128 valence electrons. The SMILES string of the molecule is CCCC(C)N1CC(C(=O)NC2CCCC2CN)CC1=O.Cl. The van der Waals surface area contributed by atoms with Crippen molar-refractivity contribution in [3.05, 3.63) is 0 Å². The van der Waals surface area contributed by atoms with Crippen molar-refractivity contribution in [2.24, 2.45) is 17.6 Å². The molecule has 1 heterocycles. The second kappa shape index (κ2) is 8.73. The van der Waals surface area contributed by atoms with E-state index in [2.05, 4.69) is 19.2 Å². The summed E-state index contributed by atoms with van der Waals surface area (Å²) in [5.74, 6) is 0.384. The highest BCUT2D eigenvalue weighted by Crippen LogP contribution is 2.27. The first-order valence-corrected chi connectivity index (χ1v) is 8.36. The highest BCUT2D eigenvalue weighted by atomic mass is 35.5. The molecule has 1 aliphatic heterocycles. The zero-order valence-corrected chi connectivity index (χ0v) is 14.5. The van der Waals surface area contributed by atoms with Crippen LogP contribution in [0.15, 0.2) is 0 Å². The summed E-state index contributed by atoms with van der Waals surface area (Å²) in [5, 5.41) is 3.14. The van der Waals surface area contributed by atoms with Gasteiger partial charge in [0.25, 0.3) is 0 Å². The molecule has 2 amide bonds. The maximum absolute atomic E-state index is 12.4. The number of nitrogens with one attached hydrogen (secondary N) is 1. The van der Waals surface area contributed by atoms with E-state index in [0.29, 0.717) is 25.4 Å². The normalized spacial score (nSPS) is 29.3. The molecule has 2 fully saturated rings. The lowest BCUT2D eigenvalue weighted by molar-refractivity contribution is -0.130. The van der Waals surface area contributed by atoms with E-state index in [-0.39, 0.29) is 42.2 Å². The van der Waals surface area contributed by atoms with Gasteiger partial charge in [-0.1, -0.05) is 19.8 Å². The van der Waals surface area contributed by atoms with Crippen molar-refractivity contribution in [2.45, 2.75) is 64.5 Å². The van der Waals surface area contributed by atoms with Gasteiger partial charge in [0.2, 0.25) is 11.8 Å². The Morgan fingerprint density at radius 3 is 2.82 bits per heavy atom. The molecule has 0 aromatic heterocycles. The van der Waals surface area contributed by atoms with E-state index in [4.69, 9.17) is 5.73 Å². The van der Waals surface area contributed by atoms with Gasteiger partial charge in [0.15, 0.2) is 0 Å². The summed E-state index contributed by atoms with van der Waals surface area (Å²) >= 11 is 0. The predicted molar refractivity (Wildman–Crippen MR) is 89.8 cm³/mol. The van der Waals surface area contributed by atoms with E-state index < -0.39 is 0 Å². The zero-order valence-electron chi connectivity index (χ0n) is 13.7. The van der Waals surface area contributed by atoms with Crippen molar-refractivity contribution in [3.8, 4) is 0 Å². The lowest BCUT2D eigenvalue weighted by atomic mass is 10.0. The minimum Gasteiger partial charge on any atom is -0.353 e. The fourth-order valence-electron chi connectivity index (χ4n) is 3.72. The van der Waals surface area contributed by atoms with E-state index in [1.54, 1.807) is 0 Å². The highest BCUT2D eigenvalue weighted by molar-refractivity contribution is 5.89. The maximum Gasteiger partial charge on any atom is 0.225 e. The summed E-state index contributed by atoms with van der Waals surface area (Å²) in [6.07, 6.45) is 5.67. The first-order valence-electron chi connectivity index (χ1n) is 8.36. The van der Waals surface area contributed by atoms with E-state index in [0.717, 1.165) is 32.1 Å². The van der Waals surface area contributed by atoms with Crippen molar-refractivity contribution in [1.82, 2.24) is 10.2 Å². The molecule has 1 aliphatic carbocycles. The molecule has 4 atom stereocenters. The largest absolute Gasteiger partial charge is 0.353 e. The zero-order chi connectivity index (χ0) is 15.4. The van der Waals surface area contributed by atoms with Gasteiger partial charge in [-0.15, -0.1) is 12.4 Å². The highest BCUT2D eigenvalue weighted by Gasteiger charge is 2.38. The first kappa shape index (κ1) is 19.2. The van der Waals surface area contributed by atoms with Gasteiger partial charge in [0.1, 0.15) is 0 Å². The summed E-state index contributed by atoms with van der Waals surface area (Å²) in [5.41, 5.74) is 5.76. The van der Waals surface area contributed by atoms with E-state index >= 15 is 0 Å². The molecule has 0 aromatic rings. The smallest absolute Gasteiger partial charge is 0.225 e. The molecule has 2 rings (SSSR count). The van der Waals surface area contributed by atoms with Gasteiger partial charge < -0.3 is 16.0 Å². The minimum absolute atomic E-state index is 0. The Morgan fingerprint density at radius 1 is 1.45 bits per heavy atom. The molecule has 2 aliphatic rings. The van der Waals surface area contributed by atoms with Crippen molar-refractivity contribution >= 4 is 24.2 Å². The summed E-state index contributed by atoms with van der Waals surface area (Å²) in [6.45, 7) is 5.40. The number of carbonyl (C=O) groups excluding carboxylic acids is 2. The fraction of sp³-hybridized carbons (Fsp3) is 0.875. The number of hydrogen-bond acceptors (Lipinski definition) is 3. The maximum atomic E-state index is 12.4. The van der Waals surface area contributed by atoms with Crippen LogP contribution in [-0.2, 0) is 9.59 Å². The van der Waals surface area contributed by atoms with Crippen LogP contribution in [0.2, 0.25) is 0 Å². The number of rotatable bonds is 6. The van der Waals surface area contributed by atoms with Gasteiger partial charge >= 0.3 is 0 Å². The third-order valence-corrected chi connectivity index (χ3v) is 5.06. The Balaban J connectivity index is 0.00000242. The summed E-state index contributed by atoms with van der Waals surface area (Å²) in [7, 11) is 0. The number of carbonyl (C=O) groups is 2. The first-order chi connectivity index (χ1) is 10.1. The lowest BCUT2D eigenvalue weighted by Gasteiger charge is -2.25. The average Bonchev–Trinajstić information content (AvgIpc) is 3.05. The van der Waals surface area contributed by atoms with Crippen LogP contribution in [-0.4, -0.2) is 41.9 Å². The number of amides is 2. The molecule has 1 saturated heterocycles. The van der Waals surface area contributed by atoms with E-state index in [9.17, 15) is 9.59 Å². The third-order valence-electron chi connectivity index (χ3n) is 5.06. The molecule has 0 aromatic carbocycles. The van der Waals surface area contributed by atoms with Crippen LogP contribution in [0.3, 0.4) is 0 Å². The Labute approximate surface area is 139 Å². The van der Waals surface area contributed by atoms with Crippen LogP contribution >= 0.6 is 12.4 Å². The number of nitrogens with two attached hydrogens (primary N) is 1. The molecule has 6 heteroatoms. The lowest BCUT2D eigenvalue weighted by Crippen LogP contribution is -2.43. The van der Waals surface area contributed by atoms with Gasteiger partial charge in [-0.05, 0) is 38.6 Å². The Morgan fingerprint density at radius 2 is 2.18 bits per heavy atom. The van der Waals surface area contributed by atoms with Gasteiger partial charge in [0, 0.05) is 25.0 Å². The number of halogens is 1. The number of likely N-dealkylation sites (tertiary alicyclic amines) is 1. The molecule has 4 unspecified atom stereocenters. The number of nitrogens with zero attached hydrogens (tertiary/aromatic N) is 1. The molecule has 0 radical (unpaired) electrons. The topological polar surface area (TPSA) is 75.4 Å². The molecule has 22 heavy (non-hydrogen) atoms. The van der Waals surface area contributed by atoms with Gasteiger partial charge in [0.05, 0.1) is 5.92 Å². The molecule has 5 nitrogen and oxygen atoms in total. The Bertz CT molecular complexity index is 392. The molecular formula is C16H30ClN3O2. The monoisotopic (exact) mass is 331 g/mol. The molecule has 1 saturated carbocycles. The van der Waals surface area contributed by atoms with Crippen LogP contribution in [0.1, 0.15) is 52.4 Å². The summed E-state index contributed by atoms with van der Waals surface area (Å²) in [4.78, 5) is 26.4. The van der Waals surface area contributed by atoms with Crippen molar-refractivity contribution in [3.63, 3.8) is 0 Å². The van der Waals surface area contributed by atoms with Crippen LogP contribution in [0.5, 0.6) is 0 Å². The molecule has 3 N–H and O–H groups in total. The second-order valence-electron chi connectivity index (χ2n) is 6.63. The Kier molecular flexibility index (Phi) is 7.63. The average molecular weight is 332 g/mol. The van der Waals surface area contributed by atoms with Gasteiger partial charge in [-0.3, -0.25) is 9.59 Å². The number of hydrogen-bond donors (Lipinski definition) is 2. The van der Waals surface area contributed by atoms with Crippen LogP contribution < -0.4 is 11.1 Å².